The van der Waals surface area contributed by atoms with Crippen LogP contribution in [0.1, 0.15) is 5.82 Å². The summed E-state index contributed by atoms with van der Waals surface area (Å²) in [6.45, 7) is 4.36. The molecule has 0 bridgehead atoms. The second kappa shape index (κ2) is 6.41. The highest BCUT2D eigenvalue weighted by atomic mass is 16.1. The average molecular weight is 321 g/mol. The van der Waals surface area contributed by atoms with Crippen LogP contribution in [0.25, 0.3) is 10.9 Å². The van der Waals surface area contributed by atoms with Gasteiger partial charge in [0.15, 0.2) is 0 Å². The maximum absolute atomic E-state index is 12.1. The maximum Gasteiger partial charge on any atom is 0.258 e. The minimum atomic E-state index is -0.0669. The van der Waals surface area contributed by atoms with E-state index >= 15 is 0 Å². The molecule has 4 rings (SSSR count). The molecule has 0 unspecified atom stereocenters. The van der Waals surface area contributed by atoms with Gasteiger partial charge in [-0.2, -0.15) is 0 Å². The fourth-order valence-corrected chi connectivity index (χ4v) is 3.10. The number of nitrogens with zero attached hydrogens (tertiary/aromatic N) is 4. The van der Waals surface area contributed by atoms with E-state index in [9.17, 15) is 4.79 Å². The highest BCUT2D eigenvalue weighted by Gasteiger charge is 2.18. The first-order valence-electron chi connectivity index (χ1n) is 8.16. The lowest BCUT2D eigenvalue weighted by Crippen LogP contribution is -2.46. The molecule has 3 heterocycles. The van der Waals surface area contributed by atoms with Crippen molar-refractivity contribution in [1.82, 2.24) is 19.9 Å². The second-order valence-electron chi connectivity index (χ2n) is 5.98. The Hall–Kier alpha value is -2.73. The summed E-state index contributed by atoms with van der Waals surface area (Å²) in [6.07, 6.45) is 1.82. The van der Waals surface area contributed by atoms with Crippen LogP contribution in [0.3, 0.4) is 0 Å². The third kappa shape index (κ3) is 3.00. The largest absolute Gasteiger partial charge is 0.354 e. The summed E-state index contributed by atoms with van der Waals surface area (Å²) in [6, 6.07) is 13.4. The topological polar surface area (TPSA) is 65.1 Å². The van der Waals surface area contributed by atoms with Gasteiger partial charge in [0.05, 0.1) is 17.4 Å². The van der Waals surface area contributed by atoms with Gasteiger partial charge >= 0.3 is 0 Å². The van der Waals surface area contributed by atoms with E-state index in [0.717, 1.165) is 43.3 Å². The van der Waals surface area contributed by atoms with E-state index < -0.39 is 0 Å². The fourth-order valence-electron chi connectivity index (χ4n) is 3.10. The smallest absolute Gasteiger partial charge is 0.258 e. The Kier molecular flexibility index (Phi) is 3.96. The standard InChI is InChI=1S/C18H19N5O/c24-18-14-5-1-2-6-15(14)20-16(21-18)13-22-9-11-23(12-10-22)17-7-3-4-8-19-17/h1-8H,9-13H2,(H,20,21,24). The quantitative estimate of drug-likeness (QED) is 0.794. The van der Waals surface area contributed by atoms with Crippen molar-refractivity contribution in [3.05, 3.63) is 64.8 Å². The molecule has 1 aliphatic heterocycles. The van der Waals surface area contributed by atoms with Gasteiger partial charge in [-0.05, 0) is 24.3 Å². The molecule has 24 heavy (non-hydrogen) atoms. The number of benzene rings is 1. The van der Waals surface area contributed by atoms with Gasteiger partial charge in [-0.25, -0.2) is 9.97 Å². The zero-order valence-corrected chi connectivity index (χ0v) is 13.4. The number of fused-ring (bicyclic) bond motifs is 1. The van der Waals surface area contributed by atoms with Crippen molar-refractivity contribution in [3.63, 3.8) is 0 Å². The van der Waals surface area contributed by atoms with Crippen LogP contribution in [0.2, 0.25) is 0 Å². The number of H-pyrrole nitrogens is 1. The molecule has 0 aliphatic carbocycles. The van der Waals surface area contributed by atoms with Crippen molar-refractivity contribution in [2.75, 3.05) is 31.1 Å². The van der Waals surface area contributed by atoms with Crippen molar-refractivity contribution in [1.29, 1.82) is 0 Å². The van der Waals surface area contributed by atoms with Gasteiger partial charge in [0.1, 0.15) is 11.6 Å². The van der Waals surface area contributed by atoms with Gasteiger partial charge in [0, 0.05) is 32.4 Å². The summed E-state index contributed by atoms with van der Waals surface area (Å²) < 4.78 is 0. The van der Waals surface area contributed by atoms with Crippen LogP contribution in [0.4, 0.5) is 5.82 Å². The Bertz CT molecular complexity index is 885. The normalized spacial score (nSPS) is 15.8. The molecule has 0 saturated carbocycles. The van der Waals surface area contributed by atoms with E-state index in [1.807, 2.05) is 42.6 Å². The number of para-hydroxylation sites is 1. The summed E-state index contributed by atoms with van der Waals surface area (Å²) in [5, 5.41) is 0.640. The lowest BCUT2D eigenvalue weighted by Gasteiger charge is -2.35. The van der Waals surface area contributed by atoms with Gasteiger partial charge < -0.3 is 9.88 Å². The lowest BCUT2D eigenvalue weighted by molar-refractivity contribution is 0.243. The fraction of sp³-hybridized carbons (Fsp3) is 0.278. The molecule has 0 amide bonds. The van der Waals surface area contributed by atoms with Gasteiger partial charge in [-0.3, -0.25) is 9.69 Å². The van der Waals surface area contributed by atoms with Gasteiger partial charge in [-0.15, -0.1) is 0 Å². The molecule has 2 aromatic heterocycles. The molecule has 0 atom stereocenters. The summed E-state index contributed by atoms with van der Waals surface area (Å²) in [5.74, 6) is 1.75. The van der Waals surface area contributed by atoms with Crippen LogP contribution in [0.15, 0.2) is 53.5 Å². The highest BCUT2D eigenvalue weighted by molar-refractivity contribution is 5.77. The summed E-state index contributed by atoms with van der Waals surface area (Å²) in [5.41, 5.74) is 0.686. The van der Waals surface area contributed by atoms with Crippen LogP contribution in [-0.4, -0.2) is 46.0 Å². The molecule has 6 nitrogen and oxygen atoms in total. The summed E-state index contributed by atoms with van der Waals surface area (Å²) in [4.78, 5) is 28.6. The average Bonchev–Trinajstić information content (AvgIpc) is 2.63. The molecule has 1 aliphatic rings. The highest BCUT2D eigenvalue weighted by Crippen LogP contribution is 2.14. The molecular weight excluding hydrogens is 302 g/mol. The monoisotopic (exact) mass is 321 g/mol. The number of hydrogen-bond donors (Lipinski definition) is 1. The molecule has 0 spiro atoms. The Balaban J connectivity index is 1.45. The molecule has 1 aromatic carbocycles. The predicted molar refractivity (Wildman–Crippen MR) is 94.1 cm³/mol. The number of piperazine rings is 1. The molecule has 1 saturated heterocycles. The van der Waals surface area contributed by atoms with E-state index in [1.165, 1.54) is 0 Å². The summed E-state index contributed by atoms with van der Waals surface area (Å²) in [7, 11) is 0. The molecule has 6 heteroatoms. The maximum atomic E-state index is 12.1. The molecule has 122 valence electrons. The van der Waals surface area contributed by atoms with Gasteiger partial charge in [-0.1, -0.05) is 18.2 Å². The van der Waals surface area contributed by atoms with Crippen LogP contribution < -0.4 is 10.5 Å². The third-order valence-corrected chi connectivity index (χ3v) is 4.38. The van der Waals surface area contributed by atoms with Crippen LogP contribution >= 0.6 is 0 Å². The zero-order valence-electron chi connectivity index (χ0n) is 13.4. The van der Waals surface area contributed by atoms with E-state index in [0.29, 0.717) is 11.9 Å². The second-order valence-corrected chi connectivity index (χ2v) is 5.98. The number of aromatic nitrogens is 3. The first kappa shape index (κ1) is 14.8. The van der Waals surface area contributed by atoms with Crippen LogP contribution in [0, 0.1) is 0 Å². The first-order chi connectivity index (χ1) is 11.8. The lowest BCUT2D eigenvalue weighted by atomic mass is 10.2. The Morgan fingerprint density at radius 2 is 1.79 bits per heavy atom. The van der Waals surface area contributed by atoms with E-state index in [2.05, 4.69) is 24.8 Å². The molecule has 0 radical (unpaired) electrons. The predicted octanol–water partition coefficient (Wildman–Crippen LogP) is 1.64. The van der Waals surface area contributed by atoms with Crippen molar-refractivity contribution in [3.8, 4) is 0 Å². The van der Waals surface area contributed by atoms with Crippen LogP contribution in [-0.2, 0) is 6.54 Å². The van der Waals surface area contributed by atoms with E-state index in [-0.39, 0.29) is 5.56 Å². The molecular formula is C18H19N5O. The number of rotatable bonds is 3. The van der Waals surface area contributed by atoms with Crippen molar-refractivity contribution >= 4 is 16.7 Å². The van der Waals surface area contributed by atoms with E-state index in [4.69, 9.17) is 0 Å². The van der Waals surface area contributed by atoms with Crippen LogP contribution in [0.5, 0.6) is 0 Å². The van der Waals surface area contributed by atoms with Gasteiger partial charge in [0.2, 0.25) is 0 Å². The zero-order chi connectivity index (χ0) is 16.4. The van der Waals surface area contributed by atoms with Gasteiger partial charge in [0.25, 0.3) is 5.56 Å². The number of pyridine rings is 1. The van der Waals surface area contributed by atoms with Crippen molar-refractivity contribution in [2.45, 2.75) is 6.54 Å². The van der Waals surface area contributed by atoms with Crippen molar-refractivity contribution < 1.29 is 0 Å². The number of hydrogen-bond acceptors (Lipinski definition) is 5. The first-order valence-corrected chi connectivity index (χ1v) is 8.16. The summed E-state index contributed by atoms with van der Waals surface area (Å²) >= 11 is 0. The Morgan fingerprint density at radius 3 is 2.58 bits per heavy atom. The molecule has 1 N–H and O–H groups in total. The molecule has 3 aromatic rings. The number of aromatic amines is 1. The number of anilines is 1. The van der Waals surface area contributed by atoms with Crippen molar-refractivity contribution in [2.24, 2.45) is 0 Å². The minimum absolute atomic E-state index is 0.0669. The number of nitrogens with one attached hydrogen (secondary N) is 1. The molecule has 1 fully saturated rings. The minimum Gasteiger partial charge on any atom is -0.354 e. The van der Waals surface area contributed by atoms with E-state index in [1.54, 1.807) is 6.07 Å². The SMILES string of the molecule is O=c1[nH]c(CN2CCN(c3ccccn3)CC2)nc2ccccc12. The Morgan fingerprint density at radius 1 is 1.00 bits per heavy atom. The Labute approximate surface area is 139 Å². The third-order valence-electron chi connectivity index (χ3n) is 4.38.